The average Bonchev–Trinajstić information content (AvgIpc) is 3.60. The molecular weight excluding hydrogens is 467 g/mol. The molecule has 1 aromatic carbocycles. The topological polar surface area (TPSA) is 122 Å². The van der Waals surface area contributed by atoms with Gasteiger partial charge in [0.2, 0.25) is 11.7 Å². The zero-order valence-electron chi connectivity index (χ0n) is 18.1. The number of benzene rings is 1. The van der Waals surface area contributed by atoms with Gasteiger partial charge in [-0.05, 0) is 22.1 Å². The number of alkyl halides is 3. The first-order chi connectivity index (χ1) is 16.9. The summed E-state index contributed by atoms with van der Waals surface area (Å²) < 4.78 is 52.3. The minimum Gasteiger partial charge on any atom is -0.471 e. The molecular formula is C21H16F3N9O2. The maximum absolute atomic E-state index is 12.7. The molecule has 0 aliphatic carbocycles. The Morgan fingerprint density at radius 3 is 2.57 bits per heavy atom. The molecule has 0 unspecified atom stereocenters. The Morgan fingerprint density at radius 2 is 1.89 bits per heavy atom. The van der Waals surface area contributed by atoms with E-state index in [0.717, 1.165) is 29.5 Å². The van der Waals surface area contributed by atoms with Gasteiger partial charge in [-0.25, -0.2) is 9.67 Å². The summed E-state index contributed by atoms with van der Waals surface area (Å²) >= 11 is 0. The SMILES string of the molecule is Cn1ncc(-c2nc(-c3ccc(Cn4cnnn4)cc3)no2)c1COc1ccc(C(F)(F)F)cn1. The summed E-state index contributed by atoms with van der Waals surface area (Å²) in [6.45, 7) is 0.505. The van der Waals surface area contributed by atoms with Crippen LogP contribution in [0.3, 0.4) is 0 Å². The molecule has 0 spiro atoms. The lowest BCUT2D eigenvalue weighted by molar-refractivity contribution is -0.137. The number of tetrazole rings is 1. The van der Waals surface area contributed by atoms with Crippen molar-refractivity contribution in [2.75, 3.05) is 0 Å². The predicted octanol–water partition coefficient (Wildman–Crippen LogP) is 3.16. The van der Waals surface area contributed by atoms with Gasteiger partial charge in [-0.2, -0.15) is 23.3 Å². The fraction of sp³-hybridized carbons (Fsp3) is 0.190. The van der Waals surface area contributed by atoms with Crippen molar-refractivity contribution in [3.8, 4) is 28.7 Å². The van der Waals surface area contributed by atoms with E-state index in [1.54, 1.807) is 22.6 Å². The molecule has 4 aromatic heterocycles. The van der Waals surface area contributed by atoms with E-state index >= 15 is 0 Å². The first-order valence-electron chi connectivity index (χ1n) is 10.2. The molecule has 11 nitrogen and oxygen atoms in total. The molecule has 0 amide bonds. The van der Waals surface area contributed by atoms with Crippen LogP contribution in [0.2, 0.25) is 0 Å². The summed E-state index contributed by atoms with van der Waals surface area (Å²) in [7, 11) is 1.70. The van der Waals surface area contributed by atoms with Gasteiger partial charge in [0, 0.05) is 24.9 Å². The normalized spacial score (nSPS) is 11.7. The zero-order valence-corrected chi connectivity index (χ0v) is 18.1. The Labute approximate surface area is 195 Å². The largest absolute Gasteiger partial charge is 0.471 e. The minimum atomic E-state index is -4.47. The van der Waals surface area contributed by atoms with Crippen LogP contribution in [0, 0.1) is 0 Å². The molecule has 0 atom stereocenters. The molecule has 0 radical (unpaired) electrons. The van der Waals surface area contributed by atoms with Crippen LogP contribution >= 0.6 is 0 Å². The van der Waals surface area contributed by atoms with E-state index in [1.807, 2.05) is 24.3 Å². The van der Waals surface area contributed by atoms with Crippen molar-refractivity contribution in [2.24, 2.45) is 7.05 Å². The van der Waals surface area contributed by atoms with Gasteiger partial charge in [0.1, 0.15) is 12.9 Å². The first-order valence-corrected chi connectivity index (χ1v) is 10.2. The number of nitrogens with zero attached hydrogens (tertiary/aromatic N) is 9. The Bertz CT molecular complexity index is 1410. The Morgan fingerprint density at radius 1 is 1.06 bits per heavy atom. The smallest absolute Gasteiger partial charge is 0.417 e. The molecule has 5 aromatic rings. The van der Waals surface area contributed by atoms with Gasteiger partial charge in [-0.3, -0.25) is 4.68 Å². The van der Waals surface area contributed by atoms with E-state index in [-0.39, 0.29) is 18.4 Å². The summed E-state index contributed by atoms with van der Waals surface area (Å²) in [4.78, 5) is 8.17. The minimum absolute atomic E-state index is 0.0201. The van der Waals surface area contributed by atoms with Crippen LogP contribution in [0.15, 0.2) is 59.6 Å². The van der Waals surface area contributed by atoms with Gasteiger partial charge in [-0.1, -0.05) is 29.4 Å². The summed E-state index contributed by atoms with van der Waals surface area (Å²) in [6.07, 6.45) is -0.670. The second-order valence-corrected chi connectivity index (χ2v) is 7.43. The average molecular weight is 483 g/mol. The standard InChI is InChI=1S/C21H16F3N9O2/c1-32-17(11-34-18-7-6-15(8-25-18)21(22,23)24)16(9-27-32)20-28-19(29-35-20)14-4-2-13(3-5-14)10-33-12-26-30-31-33/h2-9,12H,10-11H2,1H3. The molecule has 5 rings (SSSR count). The van der Waals surface area contributed by atoms with Gasteiger partial charge >= 0.3 is 6.18 Å². The summed E-state index contributed by atoms with van der Waals surface area (Å²) in [6, 6.07) is 9.61. The lowest BCUT2D eigenvalue weighted by Gasteiger charge is -2.09. The summed E-state index contributed by atoms with van der Waals surface area (Å²) in [5, 5.41) is 19.3. The van der Waals surface area contributed by atoms with Crippen molar-refractivity contribution in [1.82, 2.24) is 45.1 Å². The molecule has 0 aliphatic heterocycles. The molecule has 0 saturated carbocycles. The third kappa shape index (κ3) is 4.85. The van der Waals surface area contributed by atoms with Crippen molar-refractivity contribution in [2.45, 2.75) is 19.3 Å². The Balaban J connectivity index is 1.30. The maximum Gasteiger partial charge on any atom is 0.417 e. The molecule has 0 saturated heterocycles. The Kier molecular flexibility index (Phi) is 5.68. The highest BCUT2D eigenvalue weighted by Gasteiger charge is 2.30. The highest BCUT2D eigenvalue weighted by atomic mass is 19.4. The van der Waals surface area contributed by atoms with Crippen LogP contribution in [0.25, 0.3) is 22.8 Å². The second-order valence-electron chi connectivity index (χ2n) is 7.43. The molecule has 4 heterocycles. The van der Waals surface area contributed by atoms with Gasteiger partial charge in [0.05, 0.1) is 29.6 Å². The van der Waals surface area contributed by atoms with Crippen LogP contribution in [0.4, 0.5) is 13.2 Å². The number of aryl methyl sites for hydroxylation is 1. The monoisotopic (exact) mass is 483 g/mol. The Hall–Kier alpha value is -4.62. The molecule has 0 N–H and O–H groups in total. The van der Waals surface area contributed by atoms with Crippen molar-refractivity contribution in [3.63, 3.8) is 0 Å². The number of hydrogen-bond acceptors (Lipinski definition) is 9. The van der Waals surface area contributed by atoms with Gasteiger partial charge in [-0.15, -0.1) is 5.10 Å². The number of pyridine rings is 1. The van der Waals surface area contributed by atoms with Crippen molar-refractivity contribution in [3.05, 3.63) is 71.9 Å². The van der Waals surface area contributed by atoms with Crippen molar-refractivity contribution in [1.29, 1.82) is 0 Å². The number of rotatable bonds is 7. The van der Waals surface area contributed by atoms with E-state index < -0.39 is 11.7 Å². The molecule has 178 valence electrons. The highest BCUT2D eigenvalue weighted by molar-refractivity contribution is 5.61. The number of ether oxygens (including phenoxy) is 1. The van der Waals surface area contributed by atoms with E-state index in [9.17, 15) is 13.2 Å². The third-order valence-corrected chi connectivity index (χ3v) is 5.09. The third-order valence-electron chi connectivity index (χ3n) is 5.09. The predicted molar refractivity (Wildman–Crippen MR) is 112 cm³/mol. The fourth-order valence-electron chi connectivity index (χ4n) is 3.24. The molecule has 35 heavy (non-hydrogen) atoms. The summed E-state index contributed by atoms with van der Waals surface area (Å²) in [5.41, 5.74) is 2.00. The molecule has 0 bridgehead atoms. The van der Waals surface area contributed by atoms with Gasteiger partial charge in [0.25, 0.3) is 5.89 Å². The van der Waals surface area contributed by atoms with Gasteiger partial charge < -0.3 is 9.26 Å². The van der Waals surface area contributed by atoms with Crippen LogP contribution in [-0.2, 0) is 26.4 Å². The number of aromatic nitrogens is 9. The van der Waals surface area contributed by atoms with E-state index in [4.69, 9.17) is 9.26 Å². The number of halogens is 3. The quantitative estimate of drug-likeness (QED) is 0.343. The lowest BCUT2D eigenvalue weighted by Crippen LogP contribution is -2.07. The maximum atomic E-state index is 12.7. The van der Waals surface area contributed by atoms with Crippen LogP contribution in [-0.4, -0.2) is 45.1 Å². The second kappa shape index (κ2) is 8.96. The molecule has 14 heteroatoms. The molecule has 0 fully saturated rings. The zero-order chi connectivity index (χ0) is 24.4. The molecule has 0 aliphatic rings. The van der Waals surface area contributed by atoms with E-state index in [2.05, 4.69) is 35.7 Å². The van der Waals surface area contributed by atoms with Crippen LogP contribution in [0.1, 0.15) is 16.8 Å². The number of hydrogen-bond donors (Lipinski definition) is 0. The van der Waals surface area contributed by atoms with Crippen molar-refractivity contribution < 1.29 is 22.4 Å². The van der Waals surface area contributed by atoms with Gasteiger partial charge in [0.15, 0.2) is 0 Å². The van der Waals surface area contributed by atoms with Crippen LogP contribution < -0.4 is 4.74 Å². The lowest BCUT2D eigenvalue weighted by atomic mass is 10.1. The fourth-order valence-corrected chi connectivity index (χ4v) is 3.24. The van der Waals surface area contributed by atoms with Crippen molar-refractivity contribution >= 4 is 0 Å². The highest BCUT2D eigenvalue weighted by Crippen LogP contribution is 2.30. The summed E-state index contributed by atoms with van der Waals surface area (Å²) in [5.74, 6) is 0.650. The van der Waals surface area contributed by atoms with E-state index in [1.165, 1.54) is 6.33 Å². The first kappa shape index (κ1) is 22.2. The van der Waals surface area contributed by atoms with Crippen LogP contribution in [0.5, 0.6) is 5.88 Å². The van der Waals surface area contributed by atoms with E-state index in [0.29, 0.717) is 23.6 Å².